The number of ether oxygens (including phenoxy) is 1. The number of hydrogen-bond acceptors (Lipinski definition) is 3. The first kappa shape index (κ1) is 17.6. The summed E-state index contributed by atoms with van der Waals surface area (Å²) in [7, 11) is 3.86. The summed E-state index contributed by atoms with van der Waals surface area (Å²) in [6, 6.07) is 20.7. The van der Waals surface area contributed by atoms with E-state index in [9.17, 15) is 0 Å². The van der Waals surface area contributed by atoms with Crippen LogP contribution in [-0.4, -0.2) is 20.4 Å². The Morgan fingerprint density at radius 3 is 2.78 bits per heavy atom. The summed E-state index contributed by atoms with van der Waals surface area (Å²) >= 11 is 1.83. The number of hydrogen-bond donors (Lipinski definition) is 1. The van der Waals surface area contributed by atoms with Crippen molar-refractivity contribution in [3.63, 3.8) is 0 Å². The van der Waals surface area contributed by atoms with Gasteiger partial charge in [0.25, 0.3) is 0 Å². The molecule has 0 bridgehead atoms. The molecule has 1 atom stereocenters. The zero-order valence-electron chi connectivity index (χ0n) is 15.3. The fourth-order valence-electron chi connectivity index (χ4n) is 3.21. The molecule has 3 nitrogen and oxygen atoms in total. The molecule has 1 unspecified atom stereocenters. The molecule has 0 amide bonds. The fraction of sp³-hybridized carbons (Fsp3) is 0.0870. The topological polar surface area (TPSA) is 26.0 Å². The molecule has 1 aliphatic rings. The fourth-order valence-corrected chi connectivity index (χ4v) is 4.35. The van der Waals surface area contributed by atoms with Gasteiger partial charge in [-0.15, -0.1) is 0 Å². The highest BCUT2D eigenvalue weighted by molar-refractivity contribution is 8.03. The smallest absolute Gasteiger partial charge is 0.175 e. The first-order valence-corrected chi connectivity index (χ1v) is 9.67. The number of rotatable bonds is 4. The molecule has 4 rings (SSSR count). The molecule has 0 fully saturated rings. The molecular formula is C23H21N2OS+. The molecule has 0 spiro atoms. The molecule has 27 heavy (non-hydrogen) atoms. The van der Waals surface area contributed by atoms with E-state index in [0.717, 1.165) is 11.4 Å². The molecule has 0 aliphatic carbocycles. The van der Waals surface area contributed by atoms with Crippen molar-refractivity contribution in [2.75, 3.05) is 14.2 Å². The second-order valence-corrected chi connectivity index (χ2v) is 7.37. The Morgan fingerprint density at radius 1 is 1.00 bits per heavy atom. The largest absolute Gasteiger partial charge is 0.497 e. The summed E-state index contributed by atoms with van der Waals surface area (Å²) < 4.78 is 5.22. The van der Waals surface area contributed by atoms with Gasteiger partial charge in [0.15, 0.2) is 10.7 Å². The summed E-state index contributed by atoms with van der Waals surface area (Å²) in [4.78, 5) is 7.11. The SMILES string of the molecule is COc1cccc(N=CC=CC=C2Sc3ccc4ccccc4c3[NH+]2C)c1. The van der Waals surface area contributed by atoms with Crippen molar-refractivity contribution in [1.82, 2.24) is 0 Å². The minimum absolute atomic E-state index is 0.813. The highest BCUT2D eigenvalue weighted by Crippen LogP contribution is 2.39. The summed E-state index contributed by atoms with van der Waals surface area (Å²) in [5, 5.41) is 3.90. The van der Waals surface area contributed by atoms with Crippen LogP contribution in [0.3, 0.4) is 0 Å². The van der Waals surface area contributed by atoms with Crippen molar-refractivity contribution in [2.24, 2.45) is 4.99 Å². The molecule has 0 radical (unpaired) electrons. The summed E-state index contributed by atoms with van der Waals surface area (Å²) in [6.45, 7) is 0. The lowest BCUT2D eigenvalue weighted by molar-refractivity contribution is -0.754. The summed E-state index contributed by atoms with van der Waals surface area (Å²) in [5.41, 5.74) is 2.24. The zero-order valence-corrected chi connectivity index (χ0v) is 16.2. The molecule has 0 aromatic heterocycles. The summed E-state index contributed by atoms with van der Waals surface area (Å²) in [6.07, 6.45) is 7.97. The maximum atomic E-state index is 5.22. The van der Waals surface area contributed by atoms with Gasteiger partial charge in [-0.2, -0.15) is 0 Å². The van der Waals surface area contributed by atoms with Gasteiger partial charge in [-0.05, 0) is 47.5 Å². The number of allylic oxidation sites excluding steroid dienone is 3. The van der Waals surface area contributed by atoms with Crippen LogP contribution in [0.5, 0.6) is 5.75 Å². The minimum Gasteiger partial charge on any atom is -0.497 e. The first-order valence-electron chi connectivity index (χ1n) is 8.85. The Kier molecular flexibility index (Phi) is 5.10. The van der Waals surface area contributed by atoms with E-state index in [-0.39, 0.29) is 0 Å². The number of methoxy groups -OCH3 is 1. The predicted octanol–water partition coefficient (Wildman–Crippen LogP) is 4.90. The Balaban J connectivity index is 1.50. The molecule has 134 valence electrons. The first-order chi connectivity index (χ1) is 13.3. The van der Waals surface area contributed by atoms with Gasteiger partial charge < -0.3 is 4.74 Å². The van der Waals surface area contributed by atoms with E-state index in [0.29, 0.717) is 0 Å². The Hall–Kier alpha value is -2.82. The lowest BCUT2D eigenvalue weighted by Crippen LogP contribution is -3.00. The molecule has 4 heteroatoms. The number of nitrogens with zero attached hydrogens (tertiary/aromatic N) is 1. The molecule has 0 saturated heterocycles. The number of nitrogens with one attached hydrogen (secondary N) is 1. The normalized spacial score (nSPS) is 18.0. The number of thioether (sulfide) groups is 1. The number of quaternary nitrogens is 1. The van der Waals surface area contributed by atoms with Crippen molar-refractivity contribution in [3.05, 3.63) is 83.9 Å². The van der Waals surface area contributed by atoms with E-state index < -0.39 is 0 Å². The third-order valence-corrected chi connectivity index (χ3v) is 5.80. The third kappa shape index (κ3) is 3.68. The second kappa shape index (κ2) is 7.82. The van der Waals surface area contributed by atoms with E-state index in [1.54, 1.807) is 7.11 Å². The van der Waals surface area contributed by atoms with E-state index in [1.807, 2.05) is 54.4 Å². The quantitative estimate of drug-likeness (QED) is 0.658. The van der Waals surface area contributed by atoms with Crippen molar-refractivity contribution in [3.8, 4) is 5.75 Å². The van der Waals surface area contributed by atoms with Crippen LogP contribution >= 0.6 is 11.8 Å². The van der Waals surface area contributed by atoms with Crippen LogP contribution in [-0.2, 0) is 0 Å². The number of fused-ring (bicyclic) bond motifs is 3. The molecule has 1 heterocycles. The maximum absolute atomic E-state index is 5.22. The van der Waals surface area contributed by atoms with Crippen LogP contribution in [0.4, 0.5) is 11.4 Å². The van der Waals surface area contributed by atoms with E-state index in [4.69, 9.17) is 4.74 Å². The standard InChI is InChI=1S/C23H20N2OS/c1-25-22(12-5-6-15-24-18-9-7-10-19(16-18)26-2)27-21-14-13-17-8-3-4-11-20(17)23(21)25/h3-16H,1-2H3/p+1. The molecule has 0 saturated carbocycles. The monoisotopic (exact) mass is 373 g/mol. The lowest BCUT2D eigenvalue weighted by atomic mass is 10.1. The number of benzene rings is 3. The van der Waals surface area contributed by atoms with Gasteiger partial charge >= 0.3 is 0 Å². The van der Waals surface area contributed by atoms with Crippen LogP contribution in [0.25, 0.3) is 10.8 Å². The van der Waals surface area contributed by atoms with Crippen LogP contribution in [0, 0.1) is 0 Å². The van der Waals surface area contributed by atoms with Gasteiger partial charge in [0.1, 0.15) is 5.75 Å². The zero-order chi connectivity index (χ0) is 18.6. The van der Waals surface area contributed by atoms with Crippen LogP contribution in [0.2, 0.25) is 0 Å². The average molecular weight is 374 g/mol. The van der Waals surface area contributed by atoms with Crippen LogP contribution in [0.15, 0.2) is 93.8 Å². The van der Waals surface area contributed by atoms with Crippen molar-refractivity contribution < 1.29 is 9.64 Å². The molecule has 1 aliphatic heterocycles. The predicted molar refractivity (Wildman–Crippen MR) is 115 cm³/mol. The second-order valence-electron chi connectivity index (χ2n) is 6.28. The van der Waals surface area contributed by atoms with Gasteiger partial charge in [0.05, 0.1) is 24.7 Å². The highest BCUT2D eigenvalue weighted by atomic mass is 32.2. The van der Waals surface area contributed by atoms with Gasteiger partial charge in [0.2, 0.25) is 0 Å². The number of aliphatic imine (C=N–C) groups is 1. The van der Waals surface area contributed by atoms with Crippen LogP contribution in [0.1, 0.15) is 0 Å². The van der Waals surface area contributed by atoms with Gasteiger partial charge in [-0.25, -0.2) is 0 Å². The molecule has 1 N–H and O–H groups in total. The third-order valence-electron chi connectivity index (χ3n) is 4.58. The lowest BCUT2D eigenvalue weighted by Gasteiger charge is -2.09. The van der Waals surface area contributed by atoms with Gasteiger partial charge in [0, 0.05) is 23.7 Å². The summed E-state index contributed by atoms with van der Waals surface area (Å²) in [5.74, 6) is 0.813. The molecule has 3 aromatic rings. The van der Waals surface area contributed by atoms with E-state index in [1.165, 1.54) is 31.3 Å². The van der Waals surface area contributed by atoms with Gasteiger partial charge in [-0.3, -0.25) is 9.89 Å². The van der Waals surface area contributed by atoms with Crippen molar-refractivity contribution >= 4 is 40.1 Å². The van der Waals surface area contributed by atoms with E-state index >= 15 is 0 Å². The van der Waals surface area contributed by atoms with Gasteiger partial charge in [-0.1, -0.05) is 36.4 Å². The maximum Gasteiger partial charge on any atom is 0.175 e. The average Bonchev–Trinajstić information content (AvgIpc) is 3.04. The Labute approximate surface area is 163 Å². The Morgan fingerprint density at radius 2 is 1.89 bits per heavy atom. The molecular weight excluding hydrogens is 352 g/mol. The Bertz CT molecular complexity index is 1070. The van der Waals surface area contributed by atoms with E-state index in [2.05, 4.69) is 54.5 Å². The van der Waals surface area contributed by atoms with Crippen LogP contribution < -0.4 is 9.64 Å². The van der Waals surface area contributed by atoms with Crippen molar-refractivity contribution in [1.29, 1.82) is 0 Å². The molecule has 3 aromatic carbocycles. The minimum atomic E-state index is 0.813. The van der Waals surface area contributed by atoms with Crippen molar-refractivity contribution in [2.45, 2.75) is 4.90 Å². The highest BCUT2D eigenvalue weighted by Gasteiger charge is 2.29.